The van der Waals surface area contributed by atoms with Gasteiger partial charge in [0, 0.05) is 12.1 Å². The van der Waals surface area contributed by atoms with Crippen molar-refractivity contribution in [2.24, 2.45) is 0 Å². The van der Waals surface area contributed by atoms with Gasteiger partial charge in [-0.05, 0) is 19.9 Å². The molecule has 0 spiro atoms. The van der Waals surface area contributed by atoms with Crippen molar-refractivity contribution in [1.29, 1.82) is 0 Å². The average Bonchev–Trinajstić information content (AvgIpc) is 2.63. The van der Waals surface area contributed by atoms with E-state index in [2.05, 4.69) is 24.5 Å². The second-order valence-corrected chi connectivity index (χ2v) is 4.95. The first-order valence-electron chi connectivity index (χ1n) is 6.01. The summed E-state index contributed by atoms with van der Waals surface area (Å²) in [7, 11) is 0. The standard InChI is InChI=1S/C13H18N2O4S/c1-4-5-10(15-7-11(20)19-13(15)18)9(6-8(2)3)14-12(16)17/h4-5,11,14,20H,2,6-7H2,1,3H3,(H,16,17)/b5-4+,10-9-. The van der Waals surface area contributed by atoms with Crippen LogP contribution in [0.3, 0.4) is 0 Å². The Hall–Kier alpha value is -1.89. The molecular weight excluding hydrogens is 280 g/mol. The van der Waals surface area contributed by atoms with Crippen LogP contribution in [0, 0.1) is 0 Å². The third kappa shape index (κ3) is 4.34. The summed E-state index contributed by atoms with van der Waals surface area (Å²) in [6, 6.07) is 0. The second kappa shape index (κ2) is 7.04. The molecule has 1 saturated heterocycles. The van der Waals surface area contributed by atoms with E-state index in [-0.39, 0.29) is 6.54 Å². The summed E-state index contributed by atoms with van der Waals surface area (Å²) in [5.74, 6) is 0. The van der Waals surface area contributed by atoms with E-state index in [9.17, 15) is 9.59 Å². The van der Waals surface area contributed by atoms with Gasteiger partial charge < -0.3 is 9.84 Å². The highest BCUT2D eigenvalue weighted by Gasteiger charge is 2.32. The molecule has 0 radical (unpaired) electrons. The number of carbonyl (C=O) groups excluding carboxylic acids is 1. The van der Waals surface area contributed by atoms with Crippen molar-refractivity contribution in [3.8, 4) is 0 Å². The molecule has 110 valence electrons. The summed E-state index contributed by atoms with van der Waals surface area (Å²) in [4.78, 5) is 24.0. The van der Waals surface area contributed by atoms with Crippen LogP contribution >= 0.6 is 12.6 Å². The van der Waals surface area contributed by atoms with Crippen molar-refractivity contribution in [3.05, 3.63) is 35.7 Å². The smallest absolute Gasteiger partial charge is 0.415 e. The van der Waals surface area contributed by atoms with Gasteiger partial charge in [-0.1, -0.05) is 18.2 Å². The van der Waals surface area contributed by atoms with Gasteiger partial charge in [0.05, 0.1) is 12.2 Å². The Morgan fingerprint density at radius 1 is 1.70 bits per heavy atom. The first-order valence-corrected chi connectivity index (χ1v) is 6.53. The normalized spacial score (nSPS) is 19.9. The summed E-state index contributed by atoms with van der Waals surface area (Å²) >= 11 is 4.10. The number of amides is 2. The van der Waals surface area contributed by atoms with Crippen molar-refractivity contribution < 1.29 is 19.4 Å². The maximum atomic E-state index is 11.8. The fourth-order valence-electron chi connectivity index (χ4n) is 1.79. The topological polar surface area (TPSA) is 78.9 Å². The summed E-state index contributed by atoms with van der Waals surface area (Å²) in [6.07, 6.45) is 1.94. The number of hydrogen-bond acceptors (Lipinski definition) is 4. The van der Waals surface area contributed by atoms with Crippen molar-refractivity contribution in [1.82, 2.24) is 10.2 Å². The average molecular weight is 298 g/mol. The van der Waals surface area contributed by atoms with Crippen molar-refractivity contribution in [2.45, 2.75) is 25.7 Å². The number of thiol groups is 1. The van der Waals surface area contributed by atoms with Gasteiger partial charge in [-0.25, -0.2) is 9.59 Å². The zero-order valence-corrected chi connectivity index (χ0v) is 12.3. The van der Waals surface area contributed by atoms with Crippen LogP contribution in [-0.4, -0.2) is 34.2 Å². The number of hydrogen-bond donors (Lipinski definition) is 3. The molecule has 1 aliphatic heterocycles. The highest BCUT2D eigenvalue weighted by molar-refractivity contribution is 7.80. The minimum Gasteiger partial charge on any atom is -0.465 e. The zero-order valence-electron chi connectivity index (χ0n) is 11.4. The monoisotopic (exact) mass is 298 g/mol. The molecule has 0 bridgehead atoms. The van der Waals surface area contributed by atoms with Gasteiger partial charge in [0.25, 0.3) is 0 Å². The van der Waals surface area contributed by atoms with E-state index in [1.165, 1.54) is 4.90 Å². The van der Waals surface area contributed by atoms with Crippen molar-refractivity contribution in [3.63, 3.8) is 0 Å². The van der Waals surface area contributed by atoms with E-state index in [1.807, 2.05) is 0 Å². The predicted octanol–water partition coefficient (Wildman–Crippen LogP) is 2.72. The third-order valence-electron chi connectivity index (χ3n) is 2.46. The van der Waals surface area contributed by atoms with Crippen LogP contribution in [0.2, 0.25) is 0 Å². The lowest BCUT2D eigenvalue weighted by Crippen LogP contribution is -2.30. The number of carbonyl (C=O) groups is 2. The van der Waals surface area contributed by atoms with Gasteiger partial charge in [0.2, 0.25) is 0 Å². The van der Waals surface area contributed by atoms with Crippen LogP contribution in [0.5, 0.6) is 0 Å². The molecule has 6 nitrogen and oxygen atoms in total. The molecular formula is C13H18N2O4S. The molecule has 1 unspecified atom stereocenters. The zero-order chi connectivity index (χ0) is 15.3. The molecule has 1 atom stereocenters. The third-order valence-corrected chi connectivity index (χ3v) is 2.73. The Bertz CT molecular complexity index is 467. The number of rotatable bonds is 5. The number of ether oxygens (including phenoxy) is 1. The van der Waals surface area contributed by atoms with Gasteiger partial charge in [0.1, 0.15) is 0 Å². The van der Waals surface area contributed by atoms with Crippen LogP contribution in [-0.2, 0) is 4.74 Å². The van der Waals surface area contributed by atoms with E-state index < -0.39 is 17.6 Å². The fraction of sp³-hybridized carbons (Fsp3) is 0.385. The highest BCUT2D eigenvalue weighted by atomic mass is 32.1. The summed E-state index contributed by atoms with van der Waals surface area (Å²) in [5.41, 5.74) is 1.06. The Kier molecular flexibility index (Phi) is 5.69. The van der Waals surface area contributed by atoms with E-state index >= 15 is 0 Å². The van der Waals surface area contributed by atoms with Crippen molar-refractivity contribution in [2.75, 3.05) is 6.54 Å². The molecule has 2 N–H and O–H groups in total. The van der Waals surface area contributed by atoms with Crippen molar-refractivity contribution >= 4 is 24.8 Å². The molecule has 7 heteroatoms. The molecule has 1 fully saturated rings. The first kappa shape index (κ1) is 16.2. The molecule has 1 aliphatic rings. The molecule has 1 heterocycles. The number of nitrogens with one attached hydrogen (secondary N) is 1. The van der Waals surface area contributed by atoms with E-state index in [4.69, 9.17) is 9.84 Å². The quantitative estimate of drug-likeness (QED) is 0.414. The molecule has 0 aromatic heterocycles. The number of allylic oxidation sites excluding steroid dienone is 3. The highest BCUT2D eigenvalue weighted by Crippen LogP contribution is 2.24. The van der Waals surface area contributed by atoms with Gasteiger partial charge in [-0.15, -0.1) is 12.6 Å². The molecule has 20 heavy (non-hydrogen) atoms. The first-order chi connectivity index (χ1) is 9.35. The molecule has 0 aromatic rings. The minimum absolute atomic E-state index is 0.253. The Labute approximate surface area is 123 Å². The lowest BCUT2D eigenvalue weighted by atomic mass is 10.1. The van der Waals surface area contributed by atoms with Crippen LogP contribution < -0.4 is 5.32 Å². The Morgan fingerprint density at radius 2 is 2.35 bits per heavy atom. The van der Waals surface area contributed by atoms with E-state index in [0.717, 1.165) is 5.57 Å². The molecule has 0 aliphatic carbocycles. The van der Waals surface area contributed by atoms with Gasteiger partial charge >= 0.3 is 12.2 Å². The molecule has 0 aromatic carbocycles. The predicted molar refractivity (Wildman–Crippen MR) is 78.4 cm³/mol. The maximum absolute atomic E-state index is 11.8. The summed E-state index contributed by atoms with van der Waals surface area (Å²) in [5, 5.41) is 11.2. The summed E-state index contributed by atoms with van der Waals surface area (Å²) in [6.45, 7) is 7.57. The molecule has 2 amide bonds. The van der Waals surface area contributed by atoms with E-state index in [0.29, 0.717) is 17.8 Å². The van der Waals surface area contributed by atoms with Crippen LogP contribution in [0.25, 0.3) is 0 Å². The summed E-state index contributed by atoms with van der Waals surface area (Å²) < 4.78 is 4.95. The largest absolute Gasteiger partial charge is 0.465 e. The van der Waals surface area contributed by atoms with Gasteiger partial charge in [-0.3, -0.25) is 10.2 Å². The Morgan fingerprint density at radius 3 is 2.75 bits per heavy atom. The number of cyclic esters (lactones) is 1. The van der Waals surface area contributed by atoms with Gasteiger partial charge in [-0.2, -0.15) is 0 Å². The van der Waals surface area contributed by atoms with Gasteiger partial charge in [0.15, 0.2) is 5.44 Å². The lowest BCUT2D eigenvalue weighted by Gasteiger charge is -2.19. The lowest BCUT2D eigenvalue weighted by molar-refractivity contribution is 0.158. The van der Waals surface area contributed by atoms with Crippen LogP contribution in [0.4, 0.5) is 9.59 Å². The number of carboxylic acid groups (broad SMARTS) is 1. The number of nitrogens with zero attached hydrogens (tertiary/aromatic N) is 1. The fourth-order valence-corrected chi connectivity index (χ4v) is 2.04. The maximum Gasteiger partial charge on any atom is 0.415 e. The second-order valence-electron chi connectivity index (χ2n) is 4.38. The minimum atomic E-state index is -1.20. The molecule has 0 saturated carbocycles. The van der Waals surface area contributed by atoms with Crippen LogP contribution in [0.1, 0.15) is 20.3 Å². The van der Waals surface area contributed by atoms with Crippen LogP contribution in [0.15, 0.2) is 35.7 Å². The Balaban J connectivity index is 3.21. The van der Waals surface area contributed by atoms with E-state index in [1.54, 1.807) is 26.0 Å². The molecule has 1 rings (SSSR count). The SMILES string of the molecule is C=C(C)C/C(NC(=O)O)=C(\C=C\C)N1CC(S)OC1=O.